The number of carbonyl (C=O) groups is 1. The van der Waals surface area contributed by atoms with E-state index in [-0.39, 0.29) is 5.69 Å². The van der Waals surface area contributed by atoms with Crippen LogP contribution in [0.5, 0.6) is 0 Å². The molecule has 0 aliphatic rings. The van der Waals surface area contributed by atoms with Gasteiger partial charge < -0.3 is 15.4 Å². The van der Waals surface area contributed by atoms with E-state index < -0.39 is 5.97 Å². The third-order valence-corrected chi connectivity index (χ3v) is 4.45. The van der Waals surface area contributed by atoms with E-state index in [9.17, 15) is 15.2 Å². The molecular weight excluding hydrogens is 314 g/mol. The number of para-hydroxylation sites is 1. The first-order valence-electron chi connectivity index (χ1n) is 7.73. The van der Waals surface area contributed by atoms with Gasteiger partial charge in [-0.2, -0.15) is 5.26 Å². The fourth-order valence-electron chi connectivity index (χ4n) is 3.05. The van der Waals surface area contributed by atoms with Crippen LogP contribution in [0, 0.1) is 18.3 Å². The van der Waals surface area contributed by atoms with Crippen molar-refractivity contribution in [1.29, 1.82) is 5.26 Å². The normalized spacial score (nSPS) is 10.4. The molecule has 5 nitrogen and oxygen atoms in total. The van der Waals surface area contributed by atoms with Crippen LogP contribution < -0.4 is 5.73 Å². The number of aromatic nitrogens is 1. The molecule has 1 aromatic heterocycles. The number of carboxylic acid groups (broad SMARTS) is 1. The highest BCUT2D eigenvalue weighted by molar-refractivity contribution is 5.97. The number of nitriles is 1. The first kappa shape index (κ1) is 16.3. The minimum absolute atomic E-state index is 0.112. The number of nitrogen functional groups attached to an aromatic ring is 1. The number of hydrogen-bond acceptors (Lipinski definition) is 3. The van der Waals surface area contributed by atoms with Crippen LogP contribution in [-0.4, -0.2) is 15.6 Å². The second-order valence-electron chi connectivity index (χ2n) is 5.82. The Kier molecular flexibility index (Phi) is 4.04. The Bertz CT molecular complexity index is 1010. The molecule has 0 spiro atoms. The lowest BCUT2D eigenvalue weighted by Gasteiger charge is -2.08. The van der Waals surface area contributed by atoms with Crippen LogP contribution in [0.4, 0.5) is 5.69 Å². The topological polar surface area (TPSA) is 92.0 Å². The molecule has 0 aliphatic carbocycles. The van der Waals surface area contributed by atoms with Gasteiger partial charge in [-0.3, -0.25) is 0 Å². The van der Waals surface area contributed by atoms with Crippen LogP contribution in [0.3, 0.4) is 0 Å². The van der Waals surface area contributed by atoms with Gasteiger partial charge in [0.05, 0.1) is 5.56 Å². The van der Waals surface area contributed by atoms with Gasteiger partial charge in [-0.1, -0.05) is 42.5 Å². The molecule has 0 unspecified atom stereocenters. The zero-order valence-electron chi connectivity index (χ0n) is 13.9. The van der Waals surface area contributed by atoms with Gasteiger partial charge in [-0.05, 0) is 24.1 Å². The molecule has 0 aliphatic heterocycles. The number of hydrogen-bond donors (Lipinski definition) is 2. The third kappa shape index (κ3) is 2.64. The predicted molar refractivity (Wildman–Crippen MR) is 97.1 cm³/mol. The van der Waals surface area contributed by atoms with Gasteiger partial charge in [0, 0.05) is 29.6 Å². The maximum absolute atomic E-state index is 11.7. The molecule has 0 bridgehead atoms. The molecule has 0 atom stereocenters. The largest absolute Gasteiger partial charge is 0.477 e. The van der Waals surface area contributed by atoms with Gasteiger partial charge in [0.25, 0.3) is 0 Å². The number of aromatic carboxylic acids is 1. The third-order valence-electron chi connectivity index (χ3n) is 4.45. The second-order valence-corrected chi connectivity index (χ2v) is 5.82. The highest BCUT2D eigenvalue weighted by Crippen LogP contribution is 2.34. The first-order chi connectivity index (χ1) is 12.0. The summed E-state index contributed by atoms with van der Waals surface area (Å²) in [7, 11) is 1.65. The van der Waals surface area contributed by atoms with Gasteiger partial charge in [0.1, 0.15) is 11.8 Å². The lowest BCUT2D eigenvalue weighted by molar-refractivity contribution is 0.0687. The molecule has 3 rings (SSSR count). The van der Waals surface area contributed by atoms with Crippen LogP contribution in [0.1, 0.15) is 21.7 Å². The molecule has 0 saturated heterocycles. The van der Waals surface area contributed by atoms with Crippen LogP contribution >= 0.6 is 0 Å². The number of anilines is 1. The highest BCUT2D eigenvalue weighted by Gasteiger charge is 2.24. The second kappa shape index (κ2) is 6.17. The quantitative estimate of drug-likeness (QED) is 0.714. The summed E-state index contributed by atoms with van der Waals surface area (Å²) >= 11 is 0. The predicted octanol–water partition coefficient (Wildman–Crippen LogP) is 3.82. The van der Waals surface area contributed by atoms with Crippen LogP contribution in [0.25, 0.3) is 22.3 Å². The molecule has 5 heteroatoms. The van der Waals surface area contributed by atoms with Crippen molar-refractivity contribution in [3.05, 3.63) is 65.5 Å². The summed E-state index contributed by atoms with van der Waals surface area (Å²) in [6.45, 7) is 1.74. The first-order valence-corrected chi connectivity index (χ1v) is 7.73. The molecule has 3 aromatic rings. The molecular formula is C20H17N3O2. The van der Waals surface area contributed by atoms with E-state index in [0.29, 0.717) is 28.1 Å². The molecule has 25 heavy (non-hydrogen) atoms. The Morgan fingerprint density at radius 1 is 1.12 bits per heavy atom. The zero-order valence-corrected chi connectivity index (χ0v) is 13.9. The van der Waals surface area contributed by atoms with Gasteiger partial charge in [-0.25, -0.2) is 4.79 Å². The van der Waals surface area contributed by atoms with Crippen molar-refractivity contribution < 1.29 is 9.90 Å². The van der Waals surface area contributed by atoms with Gasteiger partial charge in [0.15, 0.2) is 0 Å². The van der Waals surface area contributed by atoms with Crippen molar-refractivity contribution in [2.24, 2.45) is 7.05 Å². The molecule has 124 valence electrons. The van der Waals surface area contributed by atoms with E-state index in [1.54, 1.807) is 18.5 Å². The van der Waals surface area contributed by atoms with Gasteiger partial charge in [-0.15, -0.1) is 0 Å². The van der Waals surface area contributed by atoms with Crippen molar-refractivity contribution in [2.45, 2.75) is 6.92 Å². The monoisotopic (exact) mass is 331 g/mol. The Labute approximate surface area is 145 Å². The molecule has 0 fully saturated rings. The summed E-state index contributed by atoms with van der Waals surface area (Å²) < 4.78 is 1.54. The van der Waals surface area contributed by atoms with Gasteiger partial charge in [0.2, 0.25) is 0 Å². The Morgan fingerprint density at radius 2 is 1.72 bits per heavy atom. The number of nitrogens with zero attached hydrogens (tertiary/aromatic N) is 2. The molecule has 0 radical (unpaired) electrons. The fraction of sp³-hybridized carbons (Fsp3) is 0.100. The lowest BCUT2D eigenvalue weighted by atomic mass is 9.97. The minimum atomic E-state index is -1.06. The maximum atomic E-state index is 11.7. The van der Waals surface area contributed by atoms with E-state index in [2.05, 4.69) is 6.07 Å². The average Bonchev–Trinajstić information content (AvgIpc) is 2.86. The smallest absolute Gasteiger partial charge is 0.353 e. The fourth-order valence-corrected chi connectivity index (χ4v) is 3.05. The zero-order chi connectivity index (χ0) is 18.1. The van der Waals surface area contributed by atoms with Crippen molar-refractivity contribution >= 4 is 11.7 Å². The molecule has 1 heterocycles. The number of benzene rings is 2. The van der Waals surface area contributed by atoms with E-state index in [4.69, 9.17) is 5.73 Å². The van der Waals surface area contributed by atoms with E-state index >= 15 is 0 Å². The molecule has 3 N–H and O–H groups in total. The van der Waals surface area contributed by atoms with Crippen LogP contribution in [-0.2, 0) is 7.05 Å². The Balaban J connectivity index is 2.16. The van der Waals surface area contributed by atoms with E-state index in [0.717, 1.165) is 11.1 Å². The Morgan fingerprint density at radius 3 is 2.28 bits per heavy atom. The van der Waals surface area contributed by atoms with Crippen LogP contribution in [0.15, 0.2) is 48.5 Å². The summed E-state index contributed by atoms with van der Waals surface area (Å²) in [4.78, 5) is 11.7. The molecule has 0 amide bonds. The van der Waals surface area contributed by atoms with Crippen molar-refractivity contribution in [2.75, 3.05) is 5.73 Å². The van der Waals surface area contributed by atoms with Crippen LogP contribution in [0.2, 0.25) is 0 Å². The Hall–Kier alpha value is -3.52. The van der Waals surface area contributed by atoms with Crippen molar-refractivity contribution in [3.8, 4) is 28.3 Å². The number of nitrogens with two attached hydrogens (primary N) is 1. The van der Waals surface area contributed by atoms with Gasteiger partial charge >= 0.3 is 5.97 Å². The van der Waals surface area contributed by atoms with E-state index in [1.165, 1.54) is 0 Å². The average molecular weight is 331 g/mol. The number of rotatable bonds is 3. The summed E-state index contributed by atoms with van der Waals surface area (Å²) in [5, 5.41) is 19.0. The molecule has 0 saturated carbocycles. The lowest BCUT2D eigenvalue weighted by Crippen LogP contribution is -2.06. The highest BCUT2D eigenvalue weighted by atomic mass is 16.4. The van der Waals surface area contributed by atoms with Crippen molar-refractivity contribution in [3.63, 3.8) is 0 Å². The van der Waals surface area contributed by atoms with Crippen molar-refractivity contribution in [1.82, 2.24) is 4.57 Å². The SMILES string of the molecule is Cc1c(C#N)c(-c2ccc(-c3ccccc3N)cc2)c(C(=O)O)n1C. The summed E-state index contributed by atoms with van der Waals surface area (Å²) in [5.74, 6) is -1.06. The standard InChI is InChI=1S/C20H17N3O2/c1-12-16(11-21)18(19(20(24)25)23(12)2)14-9-7-13(8-10-14)15-5-3-4-6-17(15)22/h3-10H,22H2,1-2H3,(H,24,25). The summed E-state index contributed by atoms with van der Waals surface area (Å²) in [6, 6.07) is 17.1. The maximum Gasteiger partial charge on any atom is 0.353 e. The molecule has 2 aromatic carbocycles. The summed E-state index contributed by atoms with van der Waals surface area (Å²) in [5.41, 5.74) is 10.8. The summed E-state index contributed by atoms with van der Waals surface area (Å²) in [6.07, 6.45) is 0. The minimum Gasteiger partial charge on any atom is -0.477 e. The van der Waals surface area contributed by atoms with E-state index in [1.807, 2.05) is 48.5 Å². The number of carboxylic acids is 1.